The Morgan fingerprint density at radius 2 is 2.17 bits per heavy atom. The minimum Gasteiger partial charge on any atom is -0.346 e. The molecule has 7 heteroatoms. The number of hydrogen-bond acceptors (Lipinski definition) is 4. The fourth-order valence-electron chi connectivity index (χ4n) is 1.28. The largest absolute Gasteiger partial charge is 0.346 e. The summed E-state index contributed by atoms with van der Waals surface area (Å²) < 4.78 is 13.1. The van der Waals surface area contributed by atoms with Gasteiger partial charge in [0.1, 0.15) is 11.4 Å². The van der Waals surface area contributed by atoms with E-state index < -0.39 is 27.9 Å². The molecule has 0 fully saturated rings. The molecule has 0 spiro atoms. The van der Waals surface area contributed by atoms with E-state index in [2.05, 4.69) is 5.32 Å². The molecule has 1 aromatic rings. The van der Waals surface area contributed by atoms with Gasteiger partial charge in [0.05, 0.1) is 4.92 Å². The van der Waals surface area contributed by atoms with Gasteiger partial charge in [-0.25, -0.2) is 4.39 Å². The Labute approximate surface area is 103 Å². The number of nitrogens with two attached hydrogens (primary N) is 1. The van der Waals surface area contributed by atoms with E-state index in [1.54, 1.807) is 13.8 Å². The molecule has 0 aliphatic carbocycles. The van der Waals surface area contributed by atoms with Crippen LogP contribution in [-0.2, 0) is 0 Å². The van der Waals surface area contributed by atoms with Crippen LogP contribution in [0.4, 0.5) is 10.1 Å². The van der Waals surface area contributed by atoms with E-state index in [1.165, 1.54) is 0 Å². The summed E-state index contributed by atoms with van der Waals surface area (Å²) >= 11 is 0. The van der Waals surface area contributed by atoms with Crippen molar-refractivity contribution in [3.63, 3.8) is 0 Å². The highest BCUT2D eigenvalue weighted by molar-refractivity contribution is 5.98. The van der Waals surface area contributed by atoms with Crippen LogP contribution < -0.4 is 11.1 Å². The van der Waals surface area contributed by atoms with E-state index in [-0.39, 0.29) is 12.1 Å². The van der Waals surface area contributed by atoms with Crippen LogP contribution in [0.1, 0.15) is 24.2 Å². The summed E-state index contributed by atoms with van der Waals surface area (Å²) in [4.78, 5) is 21.9. The molecule has 1 aromatic carbocycles. The topological polar surface area (TPSA) is 98.3 Å². The summed E-state index contributed by atoms with van der Waals surface area (Å²) in [6.45, 7) is 3.48. The van der Waals surface area contributed by atoms with Crippen molar-refractivity contribution < 1.29 is 14.1 Å². The number of nitrogens with one attached hydrogen (secondary N) is 1. The highest BCUT2D eigenvalue weighted by Crippen LogP contribution is 2.20. The fraction of sp³-hybridized carbons (Fsp3) is 0.364. The molecule has 0 unspecified atom stereocenters. The van der Waals surface area contributed by atoms with E-state index in [9.17, 15) is 19.3 Å². The average Bonchev–Trinajstić information content (AvgIpc) is 2.28. The molecule has 0 bridgehead atoms. The Morgan fingerprint density at radius 1 is 1.56 bits per heavy atom. The molecule has 0 aliphatic heterocycles. The molecule has 0 radical (unpaired) electrons. The van der Waals surface area contributed by atoms with Gasteiger partial charge in [0.15, 0.2) is 0 Å². The lowest BCUT2D eigenvalue weighted by atomic mass is 10.0. The zero-order valence-electron chi connectivity index (χ0n) is 10.1. The highest BCUT2D eigenvalue weighted by Gasteiger charge is 2.25. The zero-order valence-corrected chi connectivity index (χ0v) is 10.1. The second kappa shape index (κ2) is 5.09. The molecule has 18 heavy (non-hydrogen) atoms. The van der Waals surface area contributed by atoms with Crippen LogP contribution >= 0.6 is 0 Å². The van der Waals surface area contributed by atoms with Crippen molar-refractivity contribution in [2.24, 2.45) is 5.73 Å². The Kier molecular flexibility index (Phi) is 3.97. The summed E-state index contributed by atoms with van der Waals surface area (Å²) in [6.07, 6.45) is 0. The van der Waals surface area contributed by atoms with Gasteiger partial charge in [-0.05, 0) is 26.0 Å². The van der Waals surface area contributed by atoms with E-state index in [4.69, 9.17) is 5.73 Å². The van der Waals surface area contributed by atoms with Gasteiger partial charge in [-0.15, -0.1) is 0 Å². The molecule has 0 saturated carbocycles. The zero-order chi connectivity index (χ0) is 13.9. The number of nitrogens with zero attached hydrogens (tertiary/aromatic N) is 1. The van der Waals surface area contributed by atoms with Crippen LogP contribution in [0.2, 0.25) is 0 Å². The molecule has 1 amide bonds. The first-order valence-electron chi connectivity index (χ1n) is 5.23. The quantitative estimate of drug-likeness (QED) is 0.623. The number of rotatable bonds is 4. The monoisotopic (exact) mass is 255 g/mol. The van der Waals surface area contributed by atoms with Gasteiger partial charge in [0.25, 0.3) is 11.6 Å². The van der Waals surface area contributed by atoms with E-state index in [0.717, 1.165) is 18.2 Å². The maximum Gasteiger partial charge on any atom is 0.282 e. The van der Waals surface area contributed by atoms with Gasteiger partial charge in [0.2, 0.25) is 0 Å². The second-order valence-corrected chi connectivity index (χ2v) is 4.46. The van der Waals surface area contributed by atoms with Crippen molar-refractivity contribution in [2.45, 2.75) is 19.4 Å². The third-order valence-electron chi connectivity index (χ3n) is 2.36. The highest BCUT2D eigenvalue weighted by atomic mass is 19.1. The number of nitro benzene ring substituents is 1. The smallest absolute Gasteiger partial charge is 0.282 e. The SMILES string of the molecule is CC(C)(CN)NC(=O)c1cc(F)ccc1[N+](=O)[O-]. The molecule has 0 aliphatic rings. The average molecular weight is 255 g/mol. The molecule has 0 atom stereocenters. The van der Waals surface area contributed by atoms with Crippen LogP contribution in [0.25, 0.3) is 0 Å². The van der Waals surface area contributed by atoms with Crippen molar-refractivity contribution in [1.82, 2.24) is 5.32 Å². The van der Waals surface area contributed by atoms with Gasteiger partial charge in [0, 0.05) is 18.2 Å². The fourth-order valence-corrected chi connectivity index (χ4v) is 1.28. The van der Waals surface area contributed by atoms with Crippen LogP contribution in [0.15, 0.2) is 18.2 Å². The standard InChI is InChI=1S/C11H14FN3O3/c1-11(2,6-13)14-10(16)8-5-7(12)3-4-9(8)15(17)18/h3-5H,6,13H2,1-2H3,(H,14,16). The number of amides is 1. The van der Waals surface area contributed by atoms with Crippen molar-refractivity contribution in [3.05, 3.63) is 39.7 Å². The van der Waals surface area contributed by atoms with Gasteiger partial charge >= 0.3 is 0 Å². The summed E-state index contributed by atoms with van der Waals surface area (Å²) in [5.41, 5.74) is 3.95. The lowest BCUT2D eigenvalue weighted by Crippen LogP contribution is -2.48. The normalized spacial score (nSPS) is 11.1. The van der Waals surface area contributed by atoms with E-state index in [1.807, 2.05) is 0 Å². The molecular formula is C11H14FN3O3. The molecule has 1 rings (SSSR count). The molecule has 98 valence electrons. The number of hydrogen-bond donors (Lipinski definition) is 2. The van der Waals surface area contributed by atoms with E-state index >= 15 is 0 Å². The third-order valence-corrected chi connectivity index (χ3v) is 2.36. The Hall–Kier alpha value is -2.02. The maximum absolute atomic E-state index is 13.1. The summed E-state index contributed by atoms with van der Waals surface area (Å²) in [6, 6.07) is 2.72. The Bertz CT molecular complexity index is 488. The third kappa shape index (κ3) is 3.24. The van der Waals surface area contributed by atoms with Crippen molar-refractivity contribution >= 4 is 11.6 Å². The summed E-state index contributed by atoms with van der Waals surface area (Å²) in [5, 5.41) is 13.3. The van der Waals surface area contributed by atoms with Crippen molar-refractivity contribution in [3.8, 4) is 0 Å². The van der Waals surface area contributed by atoms with Gasteiger partial charge in [-0.3, -0.25) is 14.9 Å². The molecule has 0 aromatic heterocycles. The first-order valence-corrected chi connectivity index (χ1v) is 5.23. The minimum atomic E-state index is -0.732. The number of nitro groups is 1. The van der Waals surface area contributed by atoms with Gasteiger partial charge in [-0.1, -0.05) is 0 Å². The van der Waals surface area contributed by atoms with Crippen LogP contribution in [0, 0.1) is 15.9 Å². The lowest BCUT2D eigenvalue weighted by molar-refractivity contribution is -0.385. The predicted octanol–water partition coefficient (Wildman–Crippen LogP) is 1.20. The minimum absolute atomic E-state index is 0.155. The maximum atomic E-state index is 13.1. The molecule has 0 heterocycles. The van der Waals surface area contributed by atoms with Crippen LogP contribution in [0.5, 0.6) is 0 Å². The molecule has 0 saturated heterocycles. The Balaban J connectivity index is 3.12. The molecule has 3 N–H and O–H groups in total. The summed E-state index contributed by atoms with van der Waals surface area (Å²) in [5.74, 6) is -1.44. The first-order chi connectivity index (χ1) is 8.26. The van der Waals surface area contributed by atoms with E-state index in [0.29, 0.717) is 0 Å². The number of halogens is 1. The molecule has 6 nitrogen and oxygen atoms in total. The molecular weight excluding hydrogens is 241 g/mol. The predicted molar refractivity (Wildman–Crippen MR) is 63.7 cm³/mol. The van der Waals surface area contributed by atoms with Crippen LogP contribution in [0.3, 0.4) is 0 Å². The summed E-state index contributed by atoms with van der Waals surface area (Å²) in [7, 11) is 0. The lowest BCUT2D eigenvalue weighted by Gasteiger charge is -2.24. The van der Waals surface area contributed by atoms with Gasteiger partial charge < -0.3 is 11.1 Å². The Morgan fingerprint density at radius 3 is 2.67 bits per heavy atom. The van der Waals surface area contributed by atoms with Crippen LogP contribution in [-0.4, -0.2) is 22.9 Å². The van der Waals surface area contributed by atoms with Crippen molar-refractivity contribution in [1.29, 1.82) is 0 Å². The second-order valence-electron chi connectivity index (χ2n) is 4.46. The number of benzene rings is 1. The first kappa shape index (κ1) is 14.0. The number of carbonyl (C=O) groups excluding carboxylic acids is 1. The number of carbonyl (C=O) groups is 1. The van der Waals surface area contributed by atoms with Gasteiger partial charge in [-0.2, -0.15) is 0 Å². The van der Waals surface area contributed by atoms with Crippen molar-refractivity contribution in [2.75, 3.05) is 6.54 Å².